The number of hydrogen-bond acceptors (Lipinski definition) is 4. The Hall–Kier alpha value is -3.41. The summed E-state index contributed by atoms with van der Waals surface area (Å²) in [4.78, 5) is 17.5. The quantitative estimate of drug-likeness (QED) is 0.584. The number of rotatable bonds is 7. The average Bonchev–Trinajstić information content (AvgIpc) is 3.37. The van der Waals surface area contributed by atoms with Crippen molar-refractivity contribution in [3.05, 3.63) is 78.6 Å². The van der Waals surface area contributed by atoms with E-state index >= 15 is 0 Å². The van der Waals surface area contributed by atoms with Crippen LogP contribution in [-0.4, -0.2) is 55.8 Å². The Morgan fingerprint density at radius 3 is 2.19 bits per heavy atom. The van der Waals surface area contributed by atoms with E-state index in [1.54, 1.807) is 14.2 Å². The number of aromatic nitrogens is 1. The van der Waals surface area contributed by atoms with Crippen molar-refractivity contribution in [3.8, 4) is 11.5 Å². The van der Waals surface area contributed by atoms with Gasteiger partial charge in [-0.3, -0.25) is 4.79 Å². The number of benzene rings is 2. The van der Waals surface area contributed by atoms with Gasteiger partial charge >= 0.3 is 0 Å². The van der Waals surface area contributed by atoms with Crippen LogP contribution in [0.5, 0.6) is 11.5 Å². The van der Waals surface area contributed by atoms with Crippen LogP contribution >= 0.6 is 0 Å². The molecular formula is C25H29N3O3. The van der Waals surface area contributed by atoms with Crippen molar-refractivity contribution in [3.63, 3.8) is 0 Å². The molecule has 2 aromatic carbocycles. The fourth-order valence-electron chi connectivity index (χ4n) is 4.09. The Balaban J connectivity index is 1.42. The molecule has 6 nitrogen and oxygen atoms in total. The van der Waals surface area contributed by atoms with Gasteiger partial charge in [0.2, 0.25) is 5.91 Å². The molecule has 0 bridgehead atoms. The lowest BCUT2D eigenvalue weighted by Gasteiger charge is -2.37. The standard InChI is InChI=1S/C25H29N3O3/c1-30-22-10-8-20(9-11-22)24(27-12-3-4-13-27)19-25(29)28-16-14-26(15-17-28)21-6-5-7-23(18-21)31-2/h3-13,18,24H,14-17,19H2,1-2H3/t24-/m0/s1. The minimum Gasteiger partial charge on any atom is -0.497 e. The van der Waals surface area contributed by atoms with Crippen molar-refractivity contribution in [2.24, 2.45) is 0 Å². The van der Waals surface area contributed by atoms with Crippen molar-refractivity contribution in [1.29, 1.82) is 0 Å². The number of carbonyl (C=O) groups excluding carboxylic acids is 1. The summed E-state index contributed by atoms with van der Waals surface area (Å²) >= 11 is 0. The number of nitrogens with zero attached hydrogens (tertiary/aromatic N) is 3. The Kier molecular flexibility index (Phi) is 6.46. The highest BCUT2D eigenvalue weighted by Crippen LogP contribution is 2.27. The smallest absolute Gasteiger partial charge is 0.225 e. The lowest BCUT2D eigenvalue weighted by molar-refractivity contribution is -0.132. The first-order chi connectivity index (χ1) is 15.2. The number of amides is 1. The topological polar surface area (TPSA) is 46.9 Å². The molecule has 1 saturated heterocycles. The Labute approximate surface area is 183 Å². The highest BCUT2D eigenvalue weighted by atomic mass is 16.5. The van der Waals surface area contributed by atoms with Crippen LogP contribution in [0.4, 0.5) is 5.69 Å². The van der Waals surface area contributed by atoms with E-state index in [1.165, 1.54) is 0 Å². The number of carbonyl (C=O) groups is 1. The molecule has 1 fully saturated rings. The van der Waals surface area contributed by atoms with Crippen molar-refractivity contribution < 1.29 is 14.3 Å². The van der Waals surface area contributed by atoms with Crippen LogP contribution in [0, 0.1) is 0 Å². The van der Waals surface area contributed by atoms with Gasteiger partial charge in [0, 0.05) is 50.3 Å². The van der Waals surface area contributed by atoms with E-state index in [0.717, 1.165) is 48.9 Å². The molecule has 3 aromatic rings. The van der Waals surface area contributed by atoms with E-state index in [2.05, 4.69) is 15.5 Å². The van der Waals surface area contributed by atoms with Crippen LogP contribution in [0.25, 0.3) is 0 Å². The number of methoxy groups -OCH3 is 2. The zero-order valence-electron chi connectivity index (χ0n) is 18.1. The minimum absolute atomic E-state index is 0.0372. The second-order valence-corrected chi connectivity index (χ2v) is 7.69. The summed E-state index contributed by atoms with van der Waals surface area (Å²) < 4.78 is 12.7. The summed E-state index contributed by atoms with van der Waals surface area (Å²) in [6.45, 7) is 3.07. The van der Waals surface area contributed by atoms with Gasteiger partial charge in [0.25, 0.3) is 0 Å². The summed E-state index contributed by atoms with van der Waals surface area (Å²) in [6.07, 6.45) is 4.46. The van der Waals surface area contributed by atoms with E-state index in [1.807, 2.05) is 71.9 Å². The molecular weight excluding hydrogens is 390 g/mol. The van der Waals surface area contributed by atoms with Gasteiger partial charge in [-0.2, -0.15) is 0 Å². The first-order valence-corrected chi connectivity index (χ1v) is 10.6. The van der Waals surface area contributed by atoms with Crippen molar-refractivity contribution in [2.45, 2.75) is 12.5 Å². The molecule has 0 N–H and O–H groups in total. The van der Waals surface area contributed by atoms with E-state index in [0.29, 0.717) is 6.42 Å². The zero-order chi connectivity index (χ0) is 21.6. The van der Waals surface area contributed by atoms with Crippen molar-refractivity contribution >= 4 is 11.6 Å². The maximum Gasteiger partial charge on any atom is 0.225 e. The fraction of sp³-hybridized carbons (Fsp3) is 0.320. The van der Waals surface area contributed by atoms with Crippen LogP contribution in [0.1, 0.15) is 18.0 Å². The number of anilines is 1. The number of piperazine rings is 1. The Morgan fingerprint density at radius 1 is 0.871 bits per heavy atom. The Bertz CT molecular complexity index is 978. The molecule has 0 aliphatic carbocycles. The van der Waals surface area contributed by atoms with Gasteiger partial charge in [0.15, 0.2) is 0 Å². The summed E-state index contributed by atoms with van der Waals surface area (Å²) in [7, 11) is 3.34. The second kappa shape index (κ2) is 9.60. The normalized spacial score (nSPS) is 14.9. The average molecular weight is 420 g/mol. The molecule has 1 aromatic heterocycles. The van der Waals surface area contributed by atoms with Gasteiger partial charge in [-0.25, -0.2) is 0 Å². The molecule has 1 atom stereocenters. The minimum atomic E-state index is -0.0372. The maximum absolute atomic E-state index is 13.2. The van der Waals surface area contributed by atoms with E-state index < -0.39 is 0 Å². The van der Waals surface area contributed by atoms with Gasteiger partial charge < -0.3 is 23.8 Å². The molecule has 2 heterocycles. The third kappa shape index (κ3) is 4.85. The van der Waals surface area contributed by atoms with Gasteiger partial charge in [0.05, 0.1) is 26.7 Å². The summed E-state index contributed by atoms with van der Waals surface area (Å²) in [5.41, 5.74) is 2.23. The maximum atomic E-state index is 13.2. The van der Waals surface area contributed by atoms with Crippen LogP contribution < -0.4 is 14.4 Å². The molecule has 0 spiro atoms. The summed E-state index contributed by atoms with van der Waals surface area (Å²) in [5.74, 6) is 1.85. The third-order valence-electron chi connectivity index (χ3n) is 5.91. The molecule has 1 aliphatic heterocycles. The largest absolute Gasteiger partial charge is 0.497 e. The van der Waals surface area contributed by atoms with Gasteiger partial charge in [-0.15, -0.1) is 0 Å². The van der Waals surface area contributed by atoms with Crippen LogP contribution in [-0.2, 0) is 4.79 Å². The molecule has 1 amide bonds. The number of ether oxygens (including phenoxy) is 2. The fourth-order valence-corrected chi connectivity index (χ4v) is 4.09. The van der Waals surface area contributed by atoms with Crippen LogP contribution in [0.15, 0.2) is 73.1 Å². The van der Waals surface area contributed by atoms with Crippen LogP contribution in [0.2, 0.25) is 0 Å². The highest BCUT2D eigenvalue weighted by Gasteiger charge is 2.25. The van der Waals surface area contributed by atoms with Gasteiger partial charge in [0.1, 0.15) is 11.5 Å². The predicted octanol–water partition coefficient (Wildman–Crippen LogP) is 3.83. The molecule has 1 aliphatic rings. The van der Waals surface area contributed by atoms with Crippen molar-refractivity contribution in [1.82, 2.24) is 9.47 Å². The third-order valence-corrected chi connectivity index (χ3v) is 5.91. The highest BCUT2D eigenvalue weighted by molar-refractivity contribution is 5.77. The SMILES string of the molecule is COc1ccc([C@H](CC(=O)N2CCN(c3cccc(OC)c3)CC2)n2cccc2)cc1. The summed E-state index contributed by atoms with van der Waals surface area (Å²) in [5, 5.41) is 0. The van der Waals surface area contributed by atoms with Gasteiger partial charge in [-0.05, 0) is 42.0 Å². The van der Waals surface area contributed by atoms with Crippen molar-refractivity contribution in [2.75, 3.05) is 45.3 Å². The van der Waals surface area contributed by atoms with E-state index in [9.17, 15) is 4.79 Å². The molecule has 0 saturated carbocycles. The summed E-state index contributed by atoms with van der Waals surface area (Å²) in [6, 6.07) is 20.0. The second-order valence-electron chi connectivity index (χ2n) is 7.69. The monoisotopic (exact) mass is 419 g/mol. The molecule has 0 unspecified atom stereocenters. The molecule has 4 rings (SSSR count). The molecule has 6 heteroatoms. The lowest BCUT2D eigenvalue weighted by atomic mass is 10.0. The van der Waals surface area contributed by atoms with E-state index in [4.69, 9.17) is 9.47 Å². The number of hydrogen-bond donors (Lipinski definition) is 0. The predicted molar refractivity (Wildman–Crippen MR) is 122 cm³/mol. The van der Waals surface area contributed by atoms with Gasteiger partial charge in [-0.1, -0.05) is 18.2 Å². The molecule has 0 radical (unpaired) electrons. The molecule has 31 heavy (non-hydrogen) atoms. The van der Waals surface area contributed by atoms with Crippen LogP contribution in [0.3, 0.4) is 0 Å². The first-order valence-electron chi connectivity index (χ1n) is 10.6. The lowest BCUT2D eigenvalue weighted by Crippen LogP contribution is -2.49. The molecule has 162 valence electrons. The Morgan fingerprint density at radius 2 is 1.55 bits per heavy atom. The zero-order valence-corrected chi connectivity index (χ0v) is 18.1. The first kappa shape index (κ1) is 20.8. The van der Waals surface area contributed by atoms with E-state index in [-0.39, 0.29) is 11.9 Å².